The summed E-state index contributed by atoms with van der Waals surface area (Å²) < 4.78 is 1.73. The van der Waals surface area contributed by atoms with Crippen LogP contribution >= 0.6 is 0 Å². The predicted molar refractivity (Wildman–Crippen MR) is 117 cm³/mol. The van der Waals surface area contributed by atoms with Gasteiger partial charge in [-0.3, -0.25) is 14.3 Å². The highest BCUT2D eigenvalue weighted by Gasteiger charge is 2.18. The summed E-state index contributed by atoms with van der Waals surface area (Å²) in [4.78, 5) is 26.8. The monoisotopic (exact) mass is 403 g/mol. The first kappa shape index (κ1) is 19.7. The molecule has 1 saturated heterocycles. The average molecular weight is 403 g/mol. The highest BCUT2D eigenvalue weighted by molar-refractivity contribution is 6.06. The molecule has 154 valence electrons. The number of anilines is 2. The Balaban J connectivity index is 1.54. The molecule has 2 aromatic carbocycles. The summed E-state index contributed by atoms with van der Waals surface area (Å²) in [6.07, 6.45) is 6.70. The van der Waals surface area contributed by atoms with Crippen LogP contribution in [-0.2, 0) is 6.54 Å². The normalized spacial score (nSPS) is 13.8. The number of piperidine rings is 1. The molecule has 1 aliphatic heterocycles. The third-order valence-electron chi connectivity index (χ3n) is 5.31. The van der Waals surface area contributed by atoms with E-state index in [-0.39, 0.29) is 5.91 Å². The lowest BCUT2D eigenvalue weighted by Gasteiger charge is -2.30. The van der Waals surface area contributed by atoms with Crippen LogP contribution in [0.1, 0.15) is 45.5 Å². The van der Waals surface area contributed by atoms with E-state index in [1.54, 1.807) is 29.2 Å². The van der Waals surface area contributed by atoms with Crippen molar-refractivity contribution in [2.75, 3.05) is 23.3 Å². The van der Waals surface area contributed by atoms with Gasteiger partial charge in [0.1, 0.15) is 0 Å². The van der Waals surface area contributed by atoms with Crippen LogP contribution in [0.5, 0.6) is 0 Å². The quantitative estimate of drug-likeness (QED) is 0.661. The van der Waals surface area contributed by atoms with Crippen LogP contribution in [0.2, 0.25) is 0 Å². The van der Waals surface area contributed by atoms with Crippen LogP contribution in [0, 0.1) is 0 Å². The Morgan fingerprint density at radius 3 is 2.50 bits per heavy atom. The highest BCUT2D eigenvalue weighted by atomic mass is 16.2. The zero-order valence-electron chi connectivity index (χ0n) is 16.8. The number of hydrogen-bond donors (Lipinski definition) is 2. The van der Waals surface area contributed by atoms with Gasteiger partial charge in [-0.1, -0.05) is 30.3 Å². The summed E-state index contributed by atoms with van der Waals surface area (Å²) in [7, 11) is 0. The molecular formula is C23H25N5O2. The maximum atomic E-state index is 12.9. The maximum Gasteiger partial charge on any atom is 0.258 e. The van der Waals surface area contributed by atoms with Crippen LogP contribution < -0.4 is 16.0 Å². The lowest BCUT2D eigenvalue weighted by molar-refractivity contribution is 0.0996. The molecular weight excluding hydrogens is 378 g/mol. The minimum Gasteiger partial charge on any atom is -0.370 e. The van der Waals surface area contributed by atoms with Crippen LogP contribution in [0.25, 0.3) is 0 Å². The van der Waals surface area contributed by atoms with Gasteiger partial charge in [-0.25, -0.2) is 0 Å². The fourth-order valence-corrected chi connectivity index (χ4v) is 3.73. The molecule has 1 aliphatic rings. The second-order valence-corrected chi connectivity index (χ2v) is 7.51. The van der Waals surface area contributed by atoms with Gasteiger partial charge in [0, 0.05) is 24.8 Å². The third-order valence-corrected chi connectivity index (χ3v) is 5.31. The number of amides is 2. The molecule has 7 nitrogen and oxygen atoms in total. The van der Waals surface area contributed by atoms with Crippen LogP contribution in [-0.4, -0.2) is 34.7 Å². The smallest absolute Gasteiger partial charge is 0.258 e. The molecule has 2 heterocycles. The predicted octanol–water partition coefficient (Wildman–Crippen LogP) is 3.27. The van der Waals surface area contributed by atoms with E-state index in [0.717, 1.165) is 37.2 Å². The van der Waals surface area contributed by atoms with E-state index >= 15 is 0 Å². The number of nitrogens with zero attached hydrogens (tertiary/aromatic N) is 3. The molecule has 0 bridgehead atoms. The summed E-state index contributed by atoms with van der Waals surface area (Å²) in [6, 6.07) is 15.2. The first-order valence-corrected chi connectivity index (χ1v) is 10.2. The van der Waals surface area contributed by atoms with Crippen molar-refractivity contribution in [3.63, 3.8) is 0 Å². The zero-order valence-corrected chi connectivity index (χ0v) is 16.8. The maximum absolute atomic E-state index is 12.9. The van der Waals surface area contributed by atoms with Crippen molar-refractivity contribution >= 4 is 23.2 Å². The van der Waals surface area contributed by atoms with E-state index in [1.165, 1.54) is 6.42 Å². The summed E-state index contributed by atoms with van der Waals surface area (Å²) in [6.45, 7) is 2.44. The standard InChI is InChI=1S/C23H25N5O2/c24-22(29)18-9-10-21(27-11-5-2-6-12-27)20(13-18)26-23(30)19-14-25-28(16-19)15-17-7-3-1-4-8-17/h1,3-4,7-10,13-14,16H,2,5-6,11-12,15H2,(H2,24,29)(H,26,30). The number of aromatic nitrogens is 2. The van der Waals surface area contributed by atoms with Crippen molar-refractivity contribution < 1.29 is 9.59 Å². The molecule has 0 atom stereocenters. The Morgan fingerprint density at radius 2 is 1.77 bits per heavy atom. The van der Waals surface area contributed by atoms with E-state index in [0.29, 0.717) is 23.4 Å². The van der Waals surface area contributed by atoms with E-state index in [2.05, 4.69) is 15.3 Å². The molecule has 7 heteroatoms. The number of carbonyl (C=O) groups excluding carboxylic acids is 2. The Morgan fingerprint density at radius 1 is 1.00 bits per heavy atom. The lowest BCUT2D eigenvalue weighted by Crippen LogP contribution is -2.30. The van der Waals surface area contributed by atoms with Crippen molar-refractivity contribution in [1.29, 1.82) is 0 Å². The molecule has 1 aromatic heterocycles. The van der Waals surface area contributed by atoms with Crippen LogP contribution in [0.3, 0.4) is 0 Å². The summed E-state index contributed by atoms with van der Waals surface area (Å²) in [5, 5.41) is 7.26. The molecule has 0 saturated carbocycles. The van der Waals surface area contributed by atoms with Crippen molar-refractivity contribution in [2.24, 2.45) is 5.73 Å². The number of primary amides is 1. The number of nitrogens with one attached hydrogen (secondary N) is 1. The number of rotatable bonds is 6. The van der Waals surface area contributed by atoms with Gasteiger partial charge in [0.15, 0.2) is 0 Å². The Labute approximate surface area is 175 Å². The van der Waals surface area contributed by atoms with E-state index in [4.69, 9.17) is 5.73 Å². The first-order chi connectivity index (χ1) is 14.6. The highest BCUT2D eigenvalue weighted by Crippen LogP contribution is 2.30. The molecule has 2 amide bonds. The van der Waals surface area contributed by atoms with Gasteiger partial charge in [-0.2, -0.15) is 5.10 Å². The Kier molecular flexibility index (Phi) is 5.79. The van der Waals surface area contributed by atoms with Crippen LogP contribution in [0.15, 0.2) is 60.9 Å². The number of hydrogen-bond acceptors (Lipinski definition) is 4. The van der Waals surface area contributed by atoms with Gasteiger partial charge < -0.3 is 16.0 Å². The molecule has 30 heavy (non-hydrogen) atoms. The SMILES string of the molecule is NC(=O)c1ccc(N2CCCCC2)c(NC(=O)c2cnn(Cc3ccccc3)c2)c1. The first-order valence-electron chi connectivity index (χ1n) is 10.2. The topological polar surface area (TPSA) is 93.2 Å². The van der Waals surface area contributed by atoms with Crippen molar-refractivity contribution in [3.8, 4) is 0 Å². The largest absolute Gasteiger partial charge is 0.370 e. The molecule has 4 rings (SSSR count). The molecule has 3 N–H and O–H groups in total. The minimum absolute atomic E-state index is 0.269. The van der Waals surface area contributed by atoms with E-state index in [9.17, 15) is 9.59 Å². The second kappa shape index (κ2) is 8.82. The van der Waals surface area contributed by atoms with Crippen molar-refractivity contribution in [2.45, 2.75) is 25.8 Å². The number of carbonyl (C=O) groups is 2. The summed E-state index contributed by atoms with van der Waals surface area (Å²) in [5.41, 5.74) is 8.88. The average Bonchev–Trinajstić information content (AvgIpc) is 3.23. The molecule has 0 spiro atoms. The van der Waals surface area contributed by atoms with Gasteiger partial charge in [0.05, 0.1) is 29.7 Å². The van der Waals surface area contributed by atoms with Crippen LogP contribution in [0.4, 0.5) is 11.4 Å². The molecule has 1 fully saturated rings. The molecule has 0 radical (unpaired) electrons. The third kappa shape index (κ3) is 4.51. The van der Waals surface area contributed by atoms with E-state index < -0.39 is 5.91 Å². The van der Waals surface area contributed by atoms with Crippen molar-refractivity contribution in [1.82, 2.24) is 9.78 Å². The Bertz CT molecular complexity index is 1040. The van der Waals surface area contributed by atoms with Gasteiger partial charge in [0.2, 0.25) is 5.91 Å². The molecule has 3 aromatic rings. The summed E-state index contributed by atoms with van der Waals surface area (Å²) in [5.74, 6) is -0.791. The number of benzene rings is 2. The fraction of sp³-hybridized carbons (Fsp3) is 0.261. The number of nitrogens with two attached hydrogens (primary N) is 1. The molecule has 0 aliphatic carbocycles. The van der Waals surface area contributed by atoms with Crippen molar-refractivity contribution in [3.05, 3.63) is 77.6 Å². The Hall–Kier alpha value is -3.61. The van der Waals surface area contributed by atoms with Gasteiger partial charge in [0.25, 0.3) is 5.91 Å². The van der Waals surface area contributed by atoms with E-state index in [1.807, 2.05) is 36.4 Å². The zero-order chi connectivity index (χ0) is 20.9. The summed E-state index contributed by atoms with van der Waals surface area (Å²) >= 11 is 0. The molecule has 0 unspecified atom stereocenters. The van der Waals surface area contributed by atoms with Gasteiger partial charge >= 0.3 is 0 Å². The lowest BCUT2D eigenvalue weighted by atomic mass is 10.1. The van der Waals surface area contributed by atoms with Gasteiger partial charge in [-0.05, 0) is 43.0 Å². The second-order valence-electron chi connectivity index (χ2n) is 7.51. The minimum atomic E-state index is -0.522. The fourth-order valence-electron chi connectivity index (χ4n) is 3.73. The van der Waals surface area contributed by atoms with Gasteiger partial charge in [-0.15, -0.1) is 0 Å².